The first-order valence-electron chi connectivity index (χ1n) is 9.14. The lowest BCUT2D eigenvalue weighted by molar-refractivity contribution is 0.198. The van der Waals surface area contributed by atoms with Gasteiger partial charge < -0.3 is 9.47 Å². The van der Waals surface area contributed by atoms with Crippen LogP contribution in [0.1, 0.15) is 42.4 Å². The molecular formula is C21H24N2O2. The van der Waals surface area contributed by atoms with Crippen LogP contribution in [0.15, 0.2) is 41.7 Å². The van der Waals surface area contributed by atoms with Gasteiger partial charge in [0.1, 0.15) is 0 Å². The number of fused-ring (bicyclic) bond motifs is 1. The van der Waals surface area contributed by atoms with E-state index in [0.29, 0.717) is 6.10 Å². The Balaban J connectivity index is 1.67. The average Bonchev–Trinajstić information content (AvgIpc) is 3.16. The van der Waals surface area contributed by atoms with Gasteiger partial charge in [0.15, 0.2) is 11.5 Å². The Morgan fingerprint density at radius 3 is 2.64 bits per heavy atom. The Bertz CT molecular complexity index is 765. The first kappa shape index (κ1) is 16.1. The molecule has 0 N–H and O–H groups in total. The molecular weight excluding hydrogens is 312 g/mol. The molecule has 1 fully saturated rings. The van der Waals surface area contributed by atoms with Crippen molar-refractivity contribution in [1.82, 2.24) is 4.98 Å². The number of ether oxygens (including phenoxy) is 2. The lowest BCUT2D eigenvalue weighted by Gasteiger charge is -2.24. The second-order valence-electron chi connectivity index (χ2n) is 6.76. The minimum atomic E-state index is 0.322. The van der Waals surface area contributed by atoms with Gasteiger partial charge in [-0.1, -0.05) is 0 Å². The summed E-state index contributed by atoms with van der Waals surface area (Å²) in [6.45, 7) is 0.807. The summed E-state index contributed by atoms with van der Waals surface area (Å²) in [6, 6.07) is 8.26. The van der Waals surface area contributed by atoms with Crippen LogP contribution in [0.5, 0.6) is 11.5 Å². The summed E-state index contributed by atoms with van der Waals surface area (Å²) in [5.74, 6) is 1.78. The zero-order chi connectivity index (χ0) is 17.1. The van der Waals surface area contributed by atoms with Gasteiger partial charge in [-0.05, 0) is 61.9 Å². The first-order chi connectivity index (χ1) is 12.3. The Kier molecular flexibility index (Phi) is 4.68. The van der Waals surface area contributed by atoms with Crippen molar-refractivity contribution in [3.05, 3.63) is 53.3 Å². The molecule has 1 aromatic heterocycles. The van der Waals surface area contributed by atoms with Crippen molar-refractivity contribution in [3.8, 4) is 11.5 Å². The second-order valence-corrected chi connectivity index (χ2v) is 6.76. The summed E-state index contributed by atoms with van der Waals surface area (Å²) in [6.07, 6.45) is 10.5. The summed E-state index contributed by atoms with van der Waals surface area (Å²) in [4.78, 5) is 8.89. The normalized spacial score (nSPS) is 17.1. The Labute approximate surface area is 148 Å². The number of pyridine rings is 1. The minimum absolute atomic E-state index is 0.322. The smallest absolute Gasteiger partial charge is 0.165 e. The van der Waals surface area contributed by atoms with Gasteiger partial charge in [-0.2, -0.15) is 0 Å². The van der Waals surface area contributed by atoms with Crippen molar-refractivity contribution in [1.29, 1.82) is 0 Å². The van der Waals surface area contributed by atoms with E-state index in [2.05, 4.69) is 23.2 Å². The van der Waals surface area contributed by atoms with Crippen LogP contribution < -0.4 is 9.47 Å². The van der Waals surface area contributed by atoms with Crippen LogP contribution in [0, 0.1) is 0 Å². The van der Waals surface area contributed by atoms with E-state index in [4.69, 9.17) is 14.5 Å². The highest BCUT2D eigenvalue weighted by Gasteiger charge is 2.25. The average molecular weight is 336 g/mol. The number of rotatable bonds is 5. The second kappa shape index (κ2) is 7.26. The van der Waals surface area contributed by atoms with Crippen LogP contribution >= 0.6 is 0 Å². The van der Waals surface area contributed by atoms with Gasteiger partial charge >= 0.3 is 0 Å². The van der Waals surface area contributed by atoms with Crippen LogP contribution in [0.4, 0.5) is 0 Å². The number of benzene rings is 1. The number of hydrogen-bond acceptors (Lipinski definition) is 4. The van der Waals surface area contributed by atoms with Gasteiger partial charge in [0.2, 0.25) is 0 Å². The molecule has 1 saturated carbocycles. The van der Waals surface area contributed by atoms with E-state index < -0.39 is 0 Å². The van der Waals surface area contributed by atoms with E-state index >= 15 is 0 Å². The highest BCUT2D eigenvalue weighted by atomic mass is 16.5. The number of hydrogen-bond donors (Lipinski definition) is 0. The van der Waals surface area contributed by atoms with Crippen molar-refractivity contribution < 1.29 is 9.47 Å². The molecule has 2 heterocycles. The highest BCUT2D eigenvalue weighted by molar-refractivity contribution is 6.04. The largest absolute Gasteiger partial charge is 0.493 e. The predicted molar refractivity (Wildman–Crippen MR) is 98.9 cm³/mol. The van der Waals surface area contributed by atoms with E-state index in [-0.39, 0.29) is 0 Å². The molecule has 0 atom stereocenters. The third kappa shape index (κ3) is 3.39. The monoisotopic (exact) mass is 336 g/mol. The van der Waals surface area contributed by atoms with E-state index in [1.54, 1.807) is 7.11 Å². The summed E-state index contributed by atoms with van der Waals surface area (Å²) >= 11 is 0. The maximum absolute atomic E-state index is 6.40. The molecule has 0 bridgehead atoms. The molecule has 0 spiro atoms. The van der Waals surface area contributed by atoms with E-state index in [1.165, 1.54) is 29.5 Å². The van der Waals surface area contributed by atoms with Crippen molar-refractivity contribution >= 4 is 5.71 Å². The maximum Gasteiger partial charge on any atom is 0.165 e. The molecule has 1 aliphatic carbocycles. The number of methoxy groups -OCH3 is 1. The zero-order valence-electron chi connectivity index (χ0n) is 14.7. The Morgan fingerprint density at radius 1 is 1.08 bits per heavy atom. The summed E-state index contributed by atoms with van der Waals surface area (Å²) < 4.78 is 12.0. The van der Waals surface area contributed by atoms with Crippen LogP contribution in [0.3, 0.4) is 0 Å². The van der Waals surface area contributed by atoms with Crippen molar-refractivity contribution in [2.24, 2.45) is 4.99 Å². The highest BCUT2D eigenvalue weighted by Crippen LogP contribution is 2.38. The molecule has 4 rings (SSSR count). The van der Waals surface area contributed by atoms with Gasteiger partial charge in [0.25, 0.3) is 0 Å². The standard InChI is InChI=1S/C21H24N2O2/c1-24-20-7-6-17-18(21(20)25-16-4-2-3-5-16)10-13-23-19(17)14-15-8-11-22-12-9-15/h6-9,11-12,16H,2-5,10,13-14H2,1H3. The van der Waals surface area contributed by atoms with Crippen molar-refractivity contribution in [3.63, 3.8) is 0 Å². The third-order valence-corrected chi connectivity index (χ3v) is 5.13. The summed E-state index contributed by atoms with van der Waals surface area (Å²) in [7, 11) is 1.72. The zero-order valence-corrected chi connectivity index (χ0v) is 14.7. The molecule has 1 aliphatic heterocycles. The van der Waals surface area contributed by atoms with Gasteiger partial charge in [-0.25, -0.2) is 0 Å². The maximum atomic E-state index is 6.40. The Hall–Kier alpha value is -2.36. The van der Waals surface area contributed by atoms with Gasteiger partial charge in [-0.15, -0.1) is 0 Å². The van der Waals surface area contributed by atoms with E-state index in [0.717, 1.165) is 49.4 Å². The Morgan fingerprint density at radius 2 is 1.88 bits per heavy atom. The molecule has 130 valence electrons. The van der Waals surface area contributed by atoms with E-state index in [9.17, 15) is 0 Å². The molecule has 4 heteroatoms. The molecule has 25 heavy (non-hydrogen) atoms. The van der Waals surface area contributed by atoms with E-state index in [1.807, 2.05) is 18.5 Å². The molecule has 2 aromatic rings. The minimum Gasteiger partial charge on any atom is -0.493 e. The van der Waals surface area contributed by atoms with Gasteiger partial charge in [0, 0.05) is 42.2 Å². The van der Waals surface area contributed by atoms with Crippen LogP contribution in [0.25, 0.3) is 0 Å². The summed E-state index contributed by atoms with van der Waals surface area (Å²) in [5.41, 5.74) is 4.82. The lowest BCUT2D eigenvalue weighted by atomic mass is 9.92. The molecule has 0 unspecified atom stereocenters. The summed E-state index contributed by atoms with van der Waals surface area (Å²) in [5, 5.41) is 0. The van der Waals surface area contributed by atoms with Crippen molar-refractivity contribution in [2.75, 3.05) is 13.7 Å². The molecule has 0 amide bonds. The fraction of sp³-hybridized carbons (Fsp3) is 0.429. The third-order valence-electron chi connectivity index (χ3n) is 5.13. The topological polar surface area (TPSA) is 43.7 Å². The predicted octanol–water partition coefficient (Wildman–Crippen LogP) is 4.00. The van der Waals surface area contributed by atoms with Crippen LogP contribution in [0.2, 0.25) is 0 Å². The fourth-order valence-corrected chi connectivity index (χ4v) is 3.82. The fourth-order valence-electron chi connectivity index (χ4n) is 3.82. The molecule has 1 aromatic carbocycles. The molecule has 2 aliphatic rings. The van der Waals surface area contributed by atoms with Crippen molar-refractivity contribution in [2.45, 2.75) is 44.6 Å². The number of nitrogens with zero attached hydrogens (tertiary/aromatic N) is 2. The van der Waals surface area contributed by atoms with Crippen LogP contribution in [-0.4, -0.2) is 30.5 Å². The van der Waals surface area contributed by atoms with Gasteiger partial charge in [0.05, 0.1) is 13.2 Å². The SMILES string of the molecule is COc1ccc2c(c1OC1CCCC1)CCN=C2Cc1ccncc1. The van der Waals surface area contributed by atoms with Crippen LogP contribution in [-0.2, 0) is 12.8 Å². The van der Waals surface area contributed by atoms with Gasteiger partial charge in [-0.3, -0.25) is 9.98 Å². The molecule has 4 nitrogen and oxygen atoms in total. The first-order valence-corrected chi connectivity index (χ1v) is 9.14. The quantitative estimate of drug-likeness (QED) is 0.829. The number of aliphatic imine (C=N–C) groups is 1. The lowest BCUT2D eigenvalue weighted by Crippen LogP contribution is -2.19. The molecule has 0 saturated heterocycles. The number of aromatic nitrogens is 1. The molecule has 0 radical (unpaired) electrons.